The van der Waals surface area contributed by atoms with Crippen LogP contribution in [-0.2, 0) is 11.3 Å². The van der Waals surface area contributed by atoms with E-state index >= 15 is 0 Å². The Bertz CT molecular complexity index is 413. The number of hydrogen-bond acceptors (Lipinski definition) is 3. The van der Waals surface area contributed by atoms with Gasteiger partial charge in [0, 0.05) is 6.54 Å². The number of benzene rings is 1. The summed E-state index contributed by atoms with van der Waals surface area (Å²) in [7, 11) is 0. The van der Waals surface area contributed by atoms with Gasteiger partial charge in [-0.2, -0.15) is 0 Å². The summed E-state index contributed by atoms with van der Waals surface area (Å²) in [4.78, 5) is 0. The maximum Gasteiger partial charge on any atom is 0.193 e. The first-order valence-corrected chi connectivity index (χ1v) is 7.10. The molecule has 1 fully saturated rings. The molecule has 1 aliphatic carbocycles. The molecular weight excluding hydrogens is 264 g/mol. The summed E-state index contributed by atoms with van der Waals surface area (Å²) in [5, 5.41) is 3.10. The summed E-state index contributed by atoms with van der Waals surface area (Å²) in [6.45, 7) is 3.78. The molecule has 1 N–H and O–H groups in total. The fourth-order valence-corrected chi connectivity index (χ4v) is 1.86. The van der Waals surface area contributed by atoms with Crippen molar-refractivity contribution < 1.29 is 18.3 Å². The van der Waals surface area contributed by atoms with Crippen molar-refractivity contribution in [3.05, 3.63) is 29.3 Å². The van der Waals surface area contributed by atoms with Crippen molar-refractivity contribution >= 4 is 0 Å². The second kappa shape index (κ2) is 7.55. The lowest BCUT2D eigenvalue weighted by Crippen LogP contribution is -2.14. The maximum atomic E-state index is 13.8. The molecule has 0 aliphatic heterocycles. The van der Waals surface area contributed by atoms with Crippen LogP contribution < -0.4 is 10.1 Å². The van der Waals surface area contributed by atoms with Gasteiger partial charge in [0.2, 0.25) is 0 Å². The largest absolute Gasteiger partial charge is 0.461 e. The molecule has 0 amide bonds. The number of nitrogens with one attached hydrogen (secondary N) is 1. The van der Waals surface area contributed by atoms with Crippen LogP contribution in [0.1, 0.15) is 31.7 Å². The molecule has 3 nitrogen and oxygen atoms in total. The fourth-order valence-electron chi connectivity index (χ4n) is 1.86. The van der Waals surface area contributed by atoms with E-state index in [1.807, 2.05) is 6.92 Å². The minimum Gasteiger partial charge on any atom is -0.461 e. The van der Waals surface area contributed by atoms with Crippen molar-refractivity contribution in [1.82, 2.24) is 5.32 Å². The maximum absolute atomic E-state index is 13.8. The van der Waals surface area contributed by atoms with Gasteiger partial charge in [0.05, 0.1) is 6.61 Å². The Kier molecular flexibility index (Phi) is 5.73. The van der Waals surface area contributed by atoms with Crippen molar-refractivity contribution in [3.63, 3.8) is 0 Å². The van der Waals surface area contributed by atoms with Crippen LogP contribution >= 0.6 is 0 Å². The predicted molar refractivity (Wildman–Crippen MR) is 72.5 cm³/mol. The molecular formula is C15H21F2NO2. The van der Waals surface area contributed by atoms with E-state index in [2.05, 4.69) is 5.32 Å². The molecule has 1 aromatic rings. The van der Waals surface area contributed by atoms with Crippen LogP contribution in [0.15, 0.2) is 12.1 Å². The van der Waals surface area contributed by atoms with E-state index in [4.69, 9.17) is 9.47 Å². The summed E-state index contributed by atoms with van der Waals surface area (Å²) in [6.07, 6.45) is 3.31. The van der Waals surface area contributed by atoms with E-state index in [-0.39, 0.29) is 12.5 Å². The third-order valence-electron chi connectivity index (χ3n) is 3.15. The first-order chi connectivity index (χ1) is 9.70. The van der Waals surface area contributed by atoms with Gasteiger partial charge in [0.15, 0.2) is 24.2 Å². The molecule has 0 atom stereocenters. The third kappa shape index (κ3) is 4.72. The summed E-state index contributed by atoms with van der Waals surface area (Å²) < 4.78 is 37.8. The zero-order valence-corrected chi connectivity index (χ0v) is 11.8. The van der Waals surface area contributed by atoms with E-state index in [1.54, 1.807) is 0 Å². The molecule has 2 rings (SSSR count). The van der Waals surface area contributed by atoms with Crippen LogP contribution in [0.5, 0.6) is 5.75 Å². The number of halogens is 2. The molecule has 20 heavy (non-hydrogen) atoms. The molecule has 1 aliphatic rings. The Morgan fingerprint density at radius 3 is 2.55 bits per heavy atom. The van der Waals surface area contributed by atoms with Crippen molar-refractivity contribution in [2.24, 2.45) is 5.92 Å². The predicted octanol–water partition coefficient (Wildman–Crippen LogP) is 3.23. The molecule has 0 aromatic heterocycles. The molecule has 0 bridgehead atoms. The Morgan fingerprint density at radius 1 is 1.25 bits per heavy atom. The van der Waals surface area contributed by atoms with Crippen LogP contribution in [0.4, 0.5) is 8.78 Å². The molecule has 5 heteroatoms. The van der Waals surface area contributed by atoms with Gasteiger partial charge in [0.25, 0.3) is 0 Å². The van der Waals surface area contributed by atoms with Crippen LogP contribution in [0, 0.1) is 17.6 Å². The Labute approximate surface area is 118 Å². The lowest BCUT2D eigenvalue weighted by Gasteiger charge is -2.11. The first-order valence-electron chi connectivity index (χ1n) is 7.10. The monoisotopic (exact) mass is 285 g/mol. The van der Waals surface area contributed by atoms with Crippen molar-refractivity contribution in [1.29, 1.82) is 0 Å². The van der Waals surface area contributed by atoms with Gasteiger partial charge < -0.3 is 14.8 Å². The molecule has 0 heterocycles. The van der Waals surface area contributed by atoms with Crippen LogP contribution in [-0.4, -0.2) is 19.9 Å². The van der Waals surface area contributed by atoms with Gasteiger partial charge in [-0.15, -0.1) is 0 Å². The van der Waals surface area contributed by atoms with Gasteiger partial charge in [-0.1, -0.05) is 6.92 Å². The number of hydrogen-bond donors (Lipinski definition) is 1. The van der Waals surface area contributed by atoms with Gasteiger partial charge in [0.1, 0.15) is 0 Å². The van der Waals surface area contributed by atoms with Crippen molar-refractivity contribution in [2.45, 2.75) is 32.7 Å². The smallest absolute Gasteiger partial charge is 0.193 e. The SMILES string of the molecule is CCCNCc1cc(F)c(OCOCC2CC2)c(F)c1. The van der Waals surface area contributed by atoms with E-state index < -0.39 is 11.6 Å². The van der Waals surface area contributed by atoms with E-state index in [9.17, 15) is 8.78 Å². The van der Waals surface area contributed by atoms with Crippen LogP contribution in [0.25, 0.3) is 0 Å². The summed E-state index contributed by atoms with van der Waals surface area (Å²) in [6, 6.07) is 2.59. The minimum atomic E-state index is -0.687. The van der Waals surface area contributed by atoms with E-state index in [0.29, 0.717) is 24.6 Å². The third-order valence-corrected chi connectivity index (χ3v) is 3.15. The topological polar surface area (TPSA) is 30.5 Å². The highest BCUT2D eigenvalue weighted by Gasteiger charge is 2.21. The quantitative estimate of drug-likeness (QED) is 0.558. The summed E-state index contributed by atoms with van der Waals surface area (Å²) in [5.74, 6) is -1.14. The highest BCUT2D eigenvalue weighted by Crippen LogP contribution is 2.29. The van der Waals surface area contributed by atoms with E-state index in [0.717, 1.165) is 13.0 Å². The molecule has 0 unspecified atom stereocenters. The average molecular weight is 285 g/mol. The molecule has 112 valence electrons. The zero-order chi connectivity index (χ0) is 14.4. The van der Waals surface area contributed by atoms with Gasteiger partial charge in [-0.05, 0) is 49.4 Å². The molecule has 0 radical (unpaired) electrons. The fraction of sp³-hybridized carbons (Fsp3) is 0.600. The first kappa shape index (κ1) is 15.2. The Balaban J connectivity index is 1.84. The Morgan fingerprint density at radius 2 is 1.95 bits per heavy atom. The summed E-state index contributed by atoms with van der Waals surface area (Å²) in [5.41, 5.74) is 0.569. The highest BCUT2D eigenvalue weighted by molar-refractivity contribution is 5.31. The molecule has 1 aromatic carbocycles. The summed E-state index contributed by atoms with van der Waals surface area (Å²) >= 11 is 0. The lowest BCUT2D eigenvalue weighted by atomic mass is 10.2. The van der Waals surface area contributed by atoms with Crippen LogP contribution in [0.3, 0.4) is 0 Å². The van der Waals surface area contributed by atoms with Gasteiger partial charge in [-0.25, -0.2) is 8.78 Å². The number of ether oxygens (including phenoxy) is 2. The lowest BCUT2D eigenvalue weighted by molar-refractivity contribution is 0.00570. The molecule has 1 saturated carbocycles. The standard InChI is InChI=1S/C15H21F2NO2/c1-2-5-18-8-12-6-13(16)15(14(17)7-12)20-10-19-9-11-3-4-11/h6-7,11,18H,2-5,8-10H2,1H3. The normalized spacial score (nSPS) is 14.6. The van der Waals surface area contributed by atoms with Gasteiger partial charge in [-0.3, -0.25) is 0 Å². The van der Waals surface area contributed by atoms with Crippen molar-refractivity contribution in [2.75, 3.05) is 19.9 Å². The average Bonchev–Trinajstić information content (AvgIpc) is 3.21. The zero-order valence-electron chi connectivity index (χ0n) is 11.8. The molecule has 0 spiro atoms. The molecule has 0 saturated heterocycles. The second-order valence-electron chi connectivity index (χ2n) is 5.14. The minimum absolute atomic E-state index is 0.113. The highest BCUT2D eigenvalue weighted by atomic mass is 19.1. The van der Waals surface area contributed by atoms with Crippen molar-refractivity contribution in [3.8, 4) is 5.75 Å². The van der Waals surface area contributed by atoms with E-state index in [1.165, 1.54) is 25.0 Å². The number of rotatable bonds is 9. The van der Waals surface area contributed by atoms with Gasteiger partial charge >= 0.3 is 0 Å². The second-order valence-corrected chi connectivity index (χ2v) is 5.14. The Hall–Kier alpha value is -1.20. The van der Waals surface area contributed by atoms with Crippen LogP contribution in [0.2, 0.25) is 0 Å².